The molecule has 28 heavy (non-hydrogen) atoms. The smallest absolute Gasteiger partial charge is 0.255 e. The highest BCUT2D eigenvalue weighted by Crippen LogP contribution is 2.28. The first-order valence-corrected chi connectivity index (χ1v) is 9.41. The molecule has 3 rings (SSSR count). The standard InChI is InChI=1S/C22H26N2O4/c1-22(2,3)15-8-6-14(7-9-15)20(26)24-17-11-10-16(13-18(17)25)23-21(27)19-5-4-12-28-19/h6-11,13,19,25H,4-5,12H2,1-3H3,(H,23,27)(H,24,26). The lowest BCUT2D eigenvalue weighted by Crippen LogP contribution is -2.26. The molecule has 1 atom stereocenters. The van der Waals surface area contributed by atoms with Crippen LogP contribution in [0.15, 0.2) is 42.5 Å². The zero-order chi connectivity index (χ0) is 20.3. The number of aromatic hydroxyl groups is 1. The summed E-state index contributed by atoms with van der Waals surface area (Å²) in [6.45, 7) is 6.92. The first-order valence-electron chi connectivity index (χ1n) is 9.41. The van der Waals surface area contributed by atoms with Crippen LogP contribution < -0.4 is 10.6 Å². The predicted molar refractivity (Wildman–Crippen MR) is 109 cm³/mol. The molecule has 2 aromatic rings. The Morgan fingerprint density at radius 3 is 2.36 bits per heavy atom. The van der Waals surface area contributed by atoms with Crippen LogP contribution in [0.2, 0.25) is 0 Å². The SMILES string of the molecule is CC(C)(C)c1ccc(C(=O)Nc2ccc(NC(=O)C3CCCO3)cc2O)cc1. The highest BCUT2D eigenvalue weighted by Gasteiger charge is 2.23. The van der Waals surface area contributed by atoms with Gasteiger partial charge in [0, 0.05) is 23.9 Å². The van der Waals surface area contributed by atoms with E-state index in [4.69, 9.17) is 4.74 Å². The second-order valence-corrected chi connectivity index (χ2v) is 8.00. The number of ether oxygens (including phenoxy) is 1. The van der Waals surface area contributed by atoms with Crippen LogP contribution >= 0.6 is 0 Å². The van der Waals surface area contributed by atoms with Crippen LogP contribution in [0, 0.1) is 0 Å². The molecule has 1 fully saturated rings. The van der Waals surface area contributed by atoms with E-state index in [0.29, 0.717) is 24.3 Å². The molecule has 0 aromatic heterocycles. The zero-order valence-corrected chi connectivity index (χ0v) is 16.4. The van der Waals surface area contributed by atoms with Gasteiger partial charge in [-0.3, -0.25) is 9.59 Å². The van der Waals surface area contributed by atoms with Crippen LogP contribution in [0.3, 0.4) is 0 Å². The van der Waals surface area contributed by atoms with Gasteiger partial charge in [0.05, 0.1) is 5.69 Å². The fourth-order valence-corrected chi connectivity index (χ4v) is 3.04. The van der Waals surface area contributed by atoms with Gasteiger partial charge in [0.1, 0.15) is 11.9 Å². The Labute approximate surface area is 164 Å². The molecule has 0 spiro atoms. The van der Waals surface area contributed by atoms with Crippen LogP contribution in [0.4, 0.5) is 11.4 Å². The van der Waals surface area contributed by atoms with Crippen LogP contribution in [-0.2, 0) is 14.9 Å². The molecule has 1 aliphatic heterocycles. The van der Waals surface area contributed by atoms with Crippen LogP contribution in [0.5, 0.6) is 5.75 Å². The van der Waals surface area contributed by atoms with Gasteiger partial charge in [-0.2, -0.15) is 0 Å². The summed E-state index contributed by atoms with van der Waals surface area (Å²) in [5.74, 6) is -0.663. The molecule has 3 N–H and O–H groups in total. The van der Waals surface area contributed by atoms with Gasteiger partial charge in [0.2, 0.25) is 0 Å². The molecule has 0 radical (unpaired) electrons. The van der Waals surface area contributed by atoms with E-state index in [2.05, 4.69) is 31.4 Å². The van der Waals surface area contributed by atoms with Crippen molar-refractivity contribution in [3.63, 3.8) is 0 Å². The van der Waals surface area contributed by atoms with E-state index in [1.54, 1.807) is 24.3 Å². The number of carbonyl (C=O) groups excluding carboxylic acids is 2. The zero-order valence-electron chi connectivity index (χ0n) is 16.4. The first kappa shape index (κ1) is 19.9. The maximum atomic E-state index is 12.5. The fraction of sp³-hybridized carbons (Fsp3) is 0.364. The van der Waals surface area contributed by atoms with E-state index in [0.717, 1.165) is 12.0 Å². The molecule has 1 saturated heterocycles. The normalized spacial score (nSPS) is 16.6. The molecule has 6 nitrogen and oxygen atoms in total. The van der Waals surface area contributed by atoms with Gasteiger partial charge in [-0.05, 0) is 48.1 Å². The summed E-state index contributed by atoms with van der Waals surface area (Å²) < 4.78 is 5.34. The number of rotatable bonds is 4. The highest BCUT2D eigenvalue weighted by molar-refractivity contribution is 6.05. The average Bonchev–Trinajstić information content (AvgIpc) is 3.18. The molecule has 0 saturated carbocycles. The molecular weight excluding hydrogens is 356 g/mol. The van der Waals surface area contributed by atoms with Crippen LogP contribution in [-0.4, -0.2) is 29.6 Å². The molecule has 1 heterocycles. The lowest BCUT2D eigenvalue weighted by molar-refractivity contribution is -0.124. The number of nitrogens with one attached hydrogen (secondary N) is 2. The van der Waals surface area contributed by atoms with Crippen molar-refractivity contribution in [2.24, 2.45) is 0 Å². The molecule has 0 aliphatic carbocycles. The minimum atomic E-state index is -0.447. The Morgan fingerprint density at radius 2 is 1.79 bits per heavy atom. The summed E-state index contributed by atoms with van der Waals surface area (Å²) in [6, 6.07) is 12.0. The van der Waals surface area contributed by atoms with E-state index in [-0.39, 0.29) is 28.7 Å². The lowest BCUT2D eigenvalue weighted by atomic mass is 9.87. The number of phenolic OH excluding ortho intramolecular Hbond substituents is 1. The van der Waals surface area contributed by atoms with Gasteiger partial charge in [0.15, 0.2) is 0 Å². The van der Waals surface area contributed by atoms with Crippen molar-refractivity contribution in [1.29, 1.82) is 0 Å². The van der Waals surface area contributed by atoms with Crippen molar-refractivity contribution in [3.05, 3.63) is 53.6 Å². The van der Waals surface area contributed by atoms with Gasteiger partial charge in [-0.1, -0.05) is 32.9 Å². The van der Waals surface area contributed by atoms with Crippen molar-refractivity contribution in [3.8, 4) is 5.75 Å². The van der Waals surface area contributed by atoms with Crippen LogP contribution in [0.25, 0.3) is 0 Å². The number of hydrogen-bond donors (Lipinski definition) is 3. The number of benzene rings is 2. The second-order valence-electron chi connectivity index (χ2n) is 8.00. The minimum Gasteiger partial charge on any atom is -0.506 e. The van der Waals surface area contributed by atoms with E-state index >= 15 is 0 Å². The Balaban J connectivity index is 1.65. The topological polar surface area (TPSA) is 87.7 Å². The summed E-state index contributed by atoms with van der Waals surface area (Å²) in [6.07, 6.45) is 1.11. The average molecular weight is 382 g/mol. The molecule has 2 amide bonds. The van der Waals surface area contributed by atoms with E-state index < -0.39 is 6.10 Å². The quantitative estimate of drug-likeness (QED) is 0.696. The third kappa shape index (κ3) is 4.70. The van der Waals surface area contributed by atoms with Gasteiger partial charge in [-0.25, -0.2) is 0 Å². The summed E-state index contributed by atoms with van der Waals surface area (Å²) in [7, 11) is 0. The summed E-state index contributed by atoms with van der Waals surface area (Å²) in [5, 5.41) is 15.6. The van der Waals surface area contributed by atoms with E-state index in [1.165, 1.54) is 6.07 Å². The monoisotopic (exact) mass is 382 g/mol. The number of amides is 2. The Hall–Kier alpha value is -2.86. The van der Waals surface area contributed by atoms with Crippen molar-refractivity contribution in [2.45, 2.75) is 45.1 Å². The van der Waals surface area contributed by atoms with Crippen molar-refractivity contribution >= 4 is 23.2 Å². The first-order chi connectivity index (χ1) is 13.2. The fourth-order valence-electron chi connectivity index (χ4n) is 3.04. The second kappa shape index (κ2) is 8.02. The van der Waals surface area contributed by atoms with Gasteiger partial charge in [-0.15, -0.1) is 0 Å². The molecule has 1 aliphatic rings. The maximum absolute atomic E-state index is 12.5. The third-order valence-electron chi connectivity index (χ3n) is 4.75. The largest absolute Gasteiger partial charge is 0.506 e. The number of carbonyl (C=O) groups is 2. The van der Waals surface area contributed by atoms with Gasteiger partial charge >= 0.3 is 0 Å². The lowest BCUT2D eigenvalue weighted by Gasteiger charge is -2.19. The van der Waals surface area contributed by atoms with Crippen molar-refractivity contribution in [1.82, 2.24) is 0 Å². The molecule has 6 heteroatoms. The summed E-state index contributed by atoms with van der Waals surface area (Å²) >= 11 is 0. The minimum absolute atomic E-state index is 0.0110. The van der Waals surface area contributed by atoms with E-state index in [1.807, 2.05) is 12.1 Å². The maximum Gasteiger partial charge on any atom is 0.255 e. The molecule has 2 aromatic carbocycles. The summed E-state index contributed by atoms with van der Waals surface area (Å²) in [5.41, 5.74) is 2.38. The predicted octanol–water partition coefficient (Wildman–Crippen LogP) is 4.06. The number of phenols is 1. The third-order valence-corrected chi connectivity index (χ3v) is 4.75. The molecule has 0 bridgehead atoms. The van der Waals surface area contributed by atoms with Gasteiger partial charge < -0.3 is 20.5 Å². The van der Waals surface area contributed by atoms with Crippen LogP contribution in [0.1, 0.15) is 49.5 Å². The van der Waals surface area contributed by atoms with E-state index in [9.17, 15) is 14.7 Å². The Bertz CT molecular complexity index is 863. The molecule has 1 unspecified atom stereocenters. The summed E-state index contributed by atoms with van der Waals surface area (Å²) in [4.78, 5) is 24.5. The number of hydrogen-bond acceptors (Lipinski definition) is 4. The Morgan fingerprint density at radius 1 is 1.07 bits per heavy atom. The van der Waals surface area contributed by atoms with Gasteiger partial charge in [0.25, 0.3) is 11.8 Å². The highest BCUT2D eigenvalue weighted by atomic mass is 16.5. The molecular formula is C22H26N2O4. The Kier molecular flexibility index (Phi) is 5.70. The van der Waals surface area contributed by atoms with Crippen molar-refractivity contribution < 1.29 is 19.4 Å². The van der Waals surface area contributed by atoms with Crippen molar-refractivity contribution in [2.75, 3.05) is 17.2 Å². The number of anilines is 2. The molecule has 148 valence electrons.